The standard InChI is InChI=1S/C22H24N4O2/c1-14-17-13-26(12-10-24-9-8-23)11-7-15(17)20(22(27)28-2)21-19(14)16-5-3-4-6-18(16)25-21/h3-7,11,13,24H,8-10,12,23H2,1-2H3. The van der Waals surface area contributed by atoms with E-state index in [0.717, 1.165) is 52.3 Å². The van der Waals surface area contributed by atoms with Crippen LogP contribution in [0.4, 0.5) is 0 Å². The Hall–Kier alpha value is -2.96. The molecule has 0 atom stereocenters. The van der Waals surface area contributed by atoms with Gasteiger partial charge in [-0.3, -0.25) is 0 Å². The van der Waals surface area contributed by atoms with Gasteiger partial charge in [-0.1, -0.05) is 18.2 Å². The molecule has 0 amide bonds. The molecule has 3 N–H and O–H groups in total. The number of aromatic nitrogens is 2. The molecule has 6 nitrogen and oxygen atoms in total. The molecule has 0 unspecified atom stereocenters. The first kappa shape index (κ1) is 18.4. The van der Waals surface area contributed by atoms with Crippen LogP contribution in [0.1, 0.15) is 15.9 Å². The summed E-state index contributed by atoms with van der Waals surface area (Å²) in [4.78, 5) is 17.4. The van der Waals surface area contributed by atoms with Crippen molar-refractivity contribution in [3.63, 3.8) is 0 Å². The zero-order valence-electron chi connectivity index (χ0n) is 16.2. The fourth-order valence-electron chi connectivity index (χ4n) is 3.85. The van der Waals surface area contributed by atoms with Crippen LogP contribution >= 0.6 is 0 Å². The fourth-order valence-corrected chi connectivity index (χ4v) is 3.85. The van der Waals surface area contributed by atoms with E-state index in [2.05, 4.69) is 29.1 Å². The molecular weight excluding hydrogens is 352 g/mol. The highest BCUT2D eigenvalue weighted by Gasteiger charge is 2.22. The van der Waals surface area contributed by atoms with Crippen LogP contribution in [0.2, 0.25) is 0 Å². The maximum absolute atomic E-state index is 12.7. The predicted molar refractivity (Wildman–Crippen MR) is 113 cm³/mol. The molecule has 0 aliphatic heterocycles. The first-order chi connectivity index (χ1) is 13.7. The minimum atomic E-state index is -0.361. The Morgan fingerprint density at radius 1 is 1.18 bits per heavy atom. The van der Waals surface area contributed by atoms with Crippen LogP contribution < -0.4 is 11.1 Å². The zero-order chi connectivity index (χ0) is 19.7. The number of carbonyl (C=O) groups is 1. The van der Waals surface area contributed by atoms with Gasteiger partial charge in [0.1, 0.15) is 0 Å². The highest BCUT2D eigenvalue weighted by atomic mass is 16.5. The summed E-state index contributed by atoms with van der Waals surface area (Å²) >= 11 is 0. The molecule has 28 heavy (non-hydrogen) atoms. The maximum atomic E-state index is 12.7. The molecule has 0 fully saturated rings. The van der Waals surface area contributed by atoms with Crippen LogP contribution in [-0.4, -0.2) is 42.3 Å². The Labute approximate surface area is 163 Å². The summed E-state index contributed by atoms with van der Waals surface area (Å²) in [6, 6.07) is 9.97. The van der Waals surface area contributed by atoms with Gasteiger partial charge < -0.3 is 20.4 Å². The van der Waals surface area contributed by atoms with Crippen LogP contribution in [-0.2, 0) is 11.3 Å². The topological polar surface area (TPSA) is 82.2 Å². The van der Waals surface area contributed by atoms with Crippen molar-refractivity contribution in [2.75, 3.05) is 26.7 Å². The van der Waals surface area contributed by atoms with E-state index < -0.39 is 0 Å². The lowest BCUT2D eigenvalue weighted by Gasteiger charge is -2.14. The number of methoxy groups -OCH3 is 1. The summed E-state index contributed by atoms with van der Waals surface area (Å²) in [5.41, 5.74) is 8.78. The molecular formula is C22H24N4O2. The molecule has 0 aliphatic rings. The van der Waals surface area contributed by atoms with Crippen LogP contribution in [0.5, 0.6) is 0 Å². The number of rotatable bonds is 6. The summed E-state index contributed by atoms with van der Waals surface area (Å²) in [5.74, 6) is -0.361. The van der Waals surface area contributed by atoms with Gasteiger partial charge in [0.05, 0.1) is 23.7 Å². The minimum Gasteiger partial charge on any atom is -0.465 e. The van der Waals surface area contributed by atoms with Gasteiger partial charge in [0.15, 0.2) is 0 Å². The number of nitrogens with one attached hydrogen (secondary N) is 1. The van der Waals surface area contributed by atoms with E-state index in [9.17, 15) is 4.79 Å². The van der Waals surface area contributed by atoms with Gasteiger partial charge in [-0.2, -0.15) is 0 Å². The van der Waals surface area contributed by atoms with Crippen molar-refractivity contribution in [1.29, 1.82) is 0 Å². The van der Waals surface area contributed by atoms with E-state index in [1.165, 1.54) is 7.11 Å². The average molecular weight is 376 g/mol. The first-order valence-electron chi connectivity index (χ1n) is 9.45. The smallest absolute Gasteiger partial charge is 0.340 e. The van der Waals surface area contributed by atoms with E-state index in [0.29, 0.717) is 17.6 Å². The third-order valence-corrected chi connectivity index (χ3v) is 5.20. The largest absolute Gasteiger partial charge is 0.465 e. The predicted octanol–water partition coefficient (Wildman–Crippen LogP) is 2.99. The van der Waals surface area contributed by atoms with Crippen molar-refractivity contribution in [2.24, 2.45) is 5.73 Å². The molecule has 2 aromatic heterocycles. The van der Waals surface area contributed by atoms with Crippen molar-refractivity contribution in [1.82, 2.24) is 14.9 Å². The molecule has 0 saturated heterocycles. The number of nitrogens with two attached hydrogens (primary N) is 1. The highest BCUT2D eigenvalue weighted by molar-refractivity contribution is 6.23. The molecule has 0 aliphatic carbocycles. The van der Waals surface area contributed by atoms with Crippen molar-refractivity contribution >= 4 is 38.5 Å². The van der Waals surface area contributed by atoms with Gasteiger partial charge in [0.2, 0.25) is 0 Å². The lowest BCUT2D eigenvalue weighted by atomic mass is 9.96. The normalized spacial score (nSPS) is 11.5. The lowest BCUT2D eigenvalue weighted by Crippen LogP contribution is -2.25. The summed E-state index contributed by atoms with van der Waals surface area (Å²) in [6.07, 6.45) is 4.09. The Kier molecular flexibility index (Phi) is 4.98. The van der Waals surface area contributed by atoms with Gasteiger partial charge in [0, 0.05) is 60.1 Å². The van der Waals surface area contributed by atoms with Crippen LogP contribution in [0.3, 0.4) is 0 Å². The second kappa shape index (κ2) is 7.58. The van der Waals surface area contributed by atoms with E-state index in [4.69, 9.17) is 15.5 Å². The number of ether oxygens (including phenoxy) is 1. The number of hydrogen-bond donors (Lipinski definition) is 2. The van der Waals surface area contributed by atoms with E-state index >= 15 is 0 Å². The fraction of sp³-hybridized carbons (Fsp3) is 0.273. The number of fused-ring (bicyclic) bond motifs is 4. The molecule has 144 valence electrons. The summed E-state index contributed by atoms with van der Waals surface area (Å²) in [6.45, 7) is 5.17. The number of benzene rings is 2. The Balaban J connectivity index is 1.96. The van der Waals surface area contributed by atoms with Gasteiger partial charge in [-0.05, 0) is 24.6 Å². The third-order valence-electron chi connectivity index (χ3n) is 5.20. The quantitative estimate of drug-likeness (QED) is 0.399. The van der Waals surface area contributed by atoms with Crippen LogP contribution in [0.15, 0.2) is 42.7 Å². The first-order valence-corrected chi connectivity index (χ1v) is 9.45. The van der Waals surface area contributed by atoms with Crippen molar-refractivity contribution in [2.45, 2.75) is 13.5 Å². The monoisotopic (exact) mass is 376 g/mol. The molecule has 4 aromatic rings. The molecule has 0 saturated carbocycles. The molecule has 4 rings (SSSR count). The maximum Gasteiger partial charge on any atom is 0.340 e. The van der Waals surface area contributed by atoms with E-state index in [-0.39, 0.29) is 5.97 Å². The van der Waals surface area contributed by atoms with Gasteiger partial charge in [-0.25, -0.2) is 9.78 Å². The van der Waals surface area contributed by atoms with Crippen molar-refractivity contribution < 1.29 is 9.53 Å². The number of aryl methyl sites for hydroxylation is 1. The molecule has 6 heteroatoms. The summed E-state index contributed by atoms with van der Waals surface area (Å²) < 4.78 is 7.23. The van der Waals surface area contributed by atoms with Crippen molar-refractivity contribution in [3.05, 3.63) is 53.9 Å². The SMILES string of the molecule is COC(=O)c1c2ccn(CCNCCN)cc2c(C)c2c1nc1ccccc12. The number of para-hydroxylation sites is 1. The molecule has 2 aromatic carbocycles. The molecule has 2 heterocycles. The number of carbonyl (C=O) groups excluding carboxylic acids is 1. The second-order valence-corrected chi connectivity index (χ2v) is 6.89. The zero-order valence-corrected chi connectivity index (χ0v) is 16.2. The lowest BCUT2D eigenvalue weighted by molar-refractivity contribution is 0.0605. The van der Waals surface area contributed by atoms with E-state index in [1.807, 2.05) is 30.5 Å². The highest BCUT2D eigenvalue weighted by Crippen LogP contribution is 2.37. The average Bonchev–Trinajstić information content (AvgIpc) is 3.10. The number of nitrogens with zero attached hydrogens (tertiary/aromatic N) is 2. The number of esters is 1. The van der Waals surface area contributed by atoms with Gasteiger partial charge in [0.25, 0.3) is 0 Å². The Bertz CT molecular complexity index is 1180. The molecule has 0 bridgehead atoms. The Morgan fingerprint density at radius 2 is 2.00 bits per heavy atom. The summed E-state index contributed by atoms with van der Waals surface area (Å²) in [7, 11) is 1.41. The molecule has 0 radical (unpaired) electrons. The van der Waals surface area contributed by atoms with Crippen LogP contribution in [0.25, 0.3) is 32.6 Å². The third kappa shape index (κ3) is 3.00. The van der Waals surface area contributed by atoms with Crippen LogP contribution in [0, 0.1) is 6.92 Å². The van der Waals surface area contributed by atoms with Gasteiger partial charge >= 0.3 is 5.97 Å². The minimum absolute atomic E-state index is 0.361. The summed E-state index contributed by atoms with van der Waals surface area (Å²) in [5, 5.41) is 7.28. The van der Waals surface area contributed by atoms with Gasteiger partial charge in [-0.15, -0.1) is 0 Å². The second-order valence-electron chi connectivity index (χ2n) is 6.89. The molecule has 0 spiro atoms. The number of pyridine rings is 1. The Morgan fingerprint density at radius 3 is 2.79 bits per heavy atom. The number of hydrogen-bond acceptors (Lipinski definition) is 5. The van der Waals surface area contributed by atoms with Crippen molar-refractivity contribution in [3.8, 4) is 0 Å². The van der Waals surface area contributed by atoms with E-state index in [1.54, 1.807) is 0 Å².